The topological polar surface area (TPSA) is 29.3 Å². The minimum atomic E-state index is 0.560. The zero-order valence-corrected chi connectivity index (χ0v) is 12.2. The molecule has 0 fully saturated rings. The highest BCUT2D eigenvalue weighted by molar-refractivity contribution is 4.76. The maximum Gasteiger partial charge on any atom is 0.0221 e. The van der Waals surface area contributed by atoms with E-state index < -0.39 is 0 Å². The van der Waals surface area contributed by atoms with Crippen molar-refractivity contribution in [2.45, 2.75) is 54.0 Å². The summed E-state index contributed by atoms with van der Waals surface area (Å²) in [5.74, 6) is 2.18. The van der Waals surface area contributed by atoms with Crippen LogP contribution in [0, 0.1) is 17.8 Å². The summed E-state index contributed by atoms with van der Waals surface area (Å²) >= 11 is 0. The first kappa shape index (κ1) is 15.9. The van der Waals surface area contributed by atoms with Gasteiger partial charge in [-0.25, -0.2) is 0 Å². The van der Waals surface area contributed by atoms with Crippen LogP contribution in [0.15, 0.2) is 0 Å². The van der Waals surface area contributed by atoms with E-state index >= 15 is 0 Å². The summed E-state index contributed by atoms with van der Waals surface area (Å²) < 4.78 is 0. The average molecular weight is 228 g/mol. The number of nitrogens with two attached hydrogens (primary N) is 1. The van der Waals surface area contributed by atoms with Gasteiger partial charge in [0.15, 0.2) is 0 Å². The summed E-state index contributed by atoms with van der Waals surface area (Å²) in [5.41, 5.74) is 5.93. The van der Waals surface area contributed by atoms with Crippen molar-refractivity contribution >= 4 is 0 Å². The highest BCUT2D eigenvalue weighted by Crippen LogP contribution is 2.14. The second-order valence-corrected chi connectivity index (χ2v) is 6.26. The quantitative estimate of drug-likeness (QED) is 0.692. The Morgan fingerprint density at radius 2 is 1.25 bits per heavy atom. The smallest absolute Gasteiger partial charge is 0.0221 e. The highest BCUT2D eigenvalue weighted by Gasteiger charge is 2.19. The Morgan fingerprint density at radius 1 is 0.812 bits per heavy atom. The fourth-order valence-electron chi connectivity index (χ4n) is 2.25. The minimum absolute atomic E-state index is 0.560. The van der Waals surface area contributed by atoms with Gasteiger partial charge in [0, 0.05) is 25.7 Å². The fraction of sp³-hybridized carbons (Fsp3) is 1.00. The lowest BCUT2D eigenvalue weighted by Gasteiger charge is -2.34. The zero-order valence-electron chi connectivity index (χ0n) is 12.2. The van der Waals surface area contributed by atoms with Gasteiger partial charge in [0.05, 0.1) is 0 Å². The van der Waals surface area contributed by atoms with Crippen LogP contribution in [-0.2, 0) is 0 Å². The SMILES string of the molecule is CC(C)CC(CN)N(CC(C)C)CC(C)C. The molecule has 2 heteroatoms. The molecule has 2 nitrogen and oxygen atoms in total. The Morgan fingerprint density at radius 3 is 1.50 bits per heavy atom. The Balaban J connectivity index is 4.42. The lowest BCUT2D eigenvalue weighted by atomic mass is 10.00. The van der Waals surface area contributed by atoms with E-state index in [2.05, 4.69) is 46.4 Å². The van der Waals surface area contributed by atoms with Crippen molar-refractivity contribution < 1.29 is 0 Å². The molecule has 16 heavy (non-hydrogen) atoms. The van der Waals surface area contributed by atoms with E-state index in [9.17, 15) is 0 Å². The summed E-state index contributed by atoms with van der Waals surface area (Å²) in [6, 6.07) is 0.560. The molecule has 98 valence electrons. The second kappa shape index (κ2) is 8.08. The maximum absolute atomic E-state index is 5.93. The van der Waals surface area contributed by atoms with Crippen molar-refractivity contribution in [2.24, 2.45) is 23.5 Å². The van der Waals surface area contributed by atoms with Crippen molar-refractivity contribution in [1.82, 2.24) is 4.90 Å². The summed E-state index contributed by atoms with van der Waals surface area (Å²) in [6.45, 7) is 16.9. The van der Waals surface area contributed by atoms with E-state index in [4.69, 9.17) is 5.73 Å². The molecule has 1 unspecified atom stereocenters. The van der Waals surface area contributed by atoms with Gasteiger partial charge in [-0.3, -0.25) is 4.90 Å². The van der Waals surface area contributed by atoms with Crippen LogP contribution in [-0.4, -0.2) is 30.6 Å². The number of rotatable bonds is 8. The van der Waals surface area contributed by atoms with Gasteiger partial charge >= 0.3 is 0 Å². The fourth-order valence-corrected chi connectivity index (χ4v) is 2.25. The molecule has 0 aromatic heterocycles. The van der Waals surface area contributed by atoms with Gasteiger partial charge in [-0.05, 0) is 24.2 Å². The molecule has 0 saturated carbocycles. The summed E-state index contributed by atoms with van der Waals surface area (Å²) in [4.78, 5) is 2.59. The third kappa shape index (κ3) is 7.24. The molecule has 0 aliphatic carbocycles. The minimum Gasteiger partial charge on any atom is -0.329 e. The number of nitrogens with zero attached hydrogens (tertiary/aromatic N) is 1. The van der Waals surface area contributed by atoms with Crippen LogP contribution >= 0.6 is 0 Å². The van der Waals surface area contributed by atoms with Crippen molar-refractivity contribution in [2.75, 3.05) is 19.6 Å². The molecule has 0 aliphatic rings. The second-order valence-electron chi connectivity index (χ2n) is 6.26. The lowest BCUT2D eigenvalue weighted by Crippen LogP contribution is -2.45. The number of hydrogen-bond acceptors (Lipinski definition) is 2. The molecule has 0 amide bonds. The third-order valence-electron chi connectivity index (χ3n) is 2.73. The van der Waals surface area contributed by atoms with Crippen LogP contribution in [0.1, 0.15) is 48.0 Å². The standard InChI is InChI=1S/C14H32N2/c1-11(2)7-14(8-15)16(9-12(3)4)10-13(5)6/h11-14H,7-10,15H2,1-6H3. The van der Waals surface area contributed by atoms with Gasteiger partial charge in [-0.15, -0.1) is 0 Å². The first-order valence-corrected chi connectivity index (χ1v) is 6.80. The molecular formula is C14H32N2. The average Bonchev–Trinajstić information content (AvgIpc) is 2.11. The summed E-state index contributed by atoms with van der Waals surface area (Å²) in [6.07, 6.45) is 1.22. The summed E-state index contributed by atoms with van der Waals surface area (Å²) in [7, 11) is 0. The zero-order chi connectivity index (χ0) is 12.7. The normalized spacial score (nSPS) is 14.4. The molecule has 0 rings (SSSR count). The van der Waals surface area contributed by atoms with Gasteiger partial charge in [0.25, 0.3) is 0 Å². The molecular weight excluding hydrogens is 196 g/mol. The Kier molecular flexibility index (Phi) is 8.04. The molecule has 0 saturated heterocycles. The van der Waals surface area contributed by atoms with Gasteiger partial charge in [0.1, 0.15) is 0 Å². The lowest BCUT2D eigenvalue weighted by molar-refractivity contribution is 0.142. The molecule has 0 aromatic carbocycles. The largest absolute Gasteiger partial charge is 0.329 e. The predicted octanol–water partition coefficient (Wildman–Crippen LogP) is 2.97. The van der Waals surface area contributed by atoms with Crippen LogP contribution < -0.4 is 5.73 Å². The van der Waals surface area contributed by atoms with Gasteiger partial charge in [-0.1, -0.05) is 41.5 Å². The van der Waals surface area contributed by atoms with E-state index in [0.29, 0.717) is 6.04 Å². The van der Waals surface area contributed by atoms with Crippen molar-refractivity contribution in [3.63, 3.8) is 0 Å². The Bertz CT molecular complexity index is 154. The van der Waals surface area contributed by atoms with E-state index in [1.54, 1.807) is 0 Å². The van der Waals surface area contributed by atoms with Gasteiger partial charge in [0.2, 0.25) is 0 Å². The molecule has 0 heterocycles. The summed E-state index contributed by atoms with van der Waals surface area (Å²) in [5, 5.41) is 0. The van der Waals surface area contributed by atoms with Crippen molar-refractivity contribution in [3.8, 4) is 0 Å². The molecule has 0 spiro atoms. The van der Waals surface area contributed by atoms with E-state index in [-0.39, 0.29) is 0 Å². The van der Waals surface area contributed by atoms with E-state index in [0.717, 1.165) is 24.3 Å². The first-order valence-electron chi connectivity index (χ1n) is 6.80. The molecule has 1 atom stereocenters. The maximum atomic E-state index is 5.93. The molecule has 0 aromatic rings. The van der Waals surface area contributed by atoms with Crippen LogP contribution in [0.4, 0.5) is 0 Å². The number of hydrogen-bond donors (Lipinski definition) is 1. The van der Waals surface area contributed by atoms with E-state index in [1.165, 1.54) is 19.5 Å². The van der Waals surface area contributed by atoms with Crippen LogP contribution in [0.25, 0.3) is 0 Å². The van der Waals surface area contributed by atoms with Crippen LogP contribution in [0.2, 0.25) is 0 Å². The van der Waals surface area contributed by atoms with Crippen molar-refractivity contribution in [3.05, 3.63) is 0 Å². The van der Waals surface area contributed by atoms with Gasteiger partial charge in [-0.2, -0.15) is 0 Å². The van der Waals surface area contributed by atoms with Crippen molar-refractivity contribution in [1.29, 1.82) is 0 Å². The molecule has 0 radical (unpaired) electrons. The van der Waals surface area contributed by atoms with Crippen LogP contribution in [0.3, 0.4) is 0 Å². The molecule has 2 N–H and O–H groups in total. The molecule has 0 bridgehead atoms. The highest BCUT2D eigenvalue weighted by atomic mass is 15.2. The molecule has 0 aliphatic heterocycles. The van der Waals surface area contributed by atoms with Gasteiger partial charge < -0.3 is 5.73 Å². The van der Waals surface area contributed by atoms with E-state index in [1.807, 2.05) is 0 Å². The predicted molar refractivity (Wildman–Crippen MR) is 73.5 cm³/mol. The Hall–Kier alpha value is -0.0800. The Labute approximate surface area is 103 Å². The third-order valence-corrected chi connectivity index (χ3v) is 2.73. The van der Waals surface area contributed by atoms with Crippen LogP contribution in [0.5, 0.6) is 0 Å². The monoisotopic (exact) mass is 228 g/mol. The first-order chi connectivity index (χ1) is 7.36.